The molecule has 1 unspecified atom stereocenters. The van der Waals surface area contributed by atoms with Crippen LogP contribution in [0.15, 0.2) is 90.2 Å². The van der Waals surface area contributed by atoms with E-state index in [4.69, 9.17) is 11.5 Å². The third-order valence-electron chi connectivity index (χ3n) is 6.94. The van der Waals surface area contributed by atoms with Crippen molar-refractivity contribution < 1.29 is 14.1 Å². The normalized spacial score (nSPS) is 11.7. The Morgan fingerprint density at radius 3 is 2.72 bits per heavy atom. The highest BCUT2D eigenvalue weighted by molar-refractivity contribution is 6.03. The van der Waals surface area contributed by atoms with Crippen molar-refractivity contribution in [3.63, 3.8) is 0 Å². The van der Waals surface area contributed by atoms with Crippen molar-refractivity contribution in [1.29, 1.82) is 0 Å². The molecule has 1 atom stereocenters. The zero-order valence-corrected chi connectivity index (χ0v) is 23.0. The number of nitrogens with zero attached hydrogens (tertiary/aromatic N) is 5. The minimum absolute atomic E-state index is 0.170. The van der Waals surface area contributed by atoms with Crippen LogP contribution in [-0.4, -0.2) is 42.8 Å². The number of para-hydroxylation sites is 1. The van der Waals surface area contributed by atoms with Crippen molar-refractivity contribution in [1.82, 2.24) is 29.7 Å². The van der Waals surface area contributed by atoms with Crippen molar-refractivity contribution >= 4 is 34.1 Å². The van der Waals surface area contributed by atoms with Crippen LogP contribution in [0, 0.1) is 11.8 Å². The first-order valence-corrected chi connectivity index (χ1v) is 13.3. The lowest BCUT2D eigenvalue weighted by Gasteiger charge is -2.21. The number of fused-ring (bicyclic) bond motifs is 2. The highest BCUT2D eigenvalue weighted by atomic mass is 16.2. The average Bonchev–Trinajstić information content (AvgIpc) is 3.63. The van der Waals surface area contributed by atoms with Crippen molar-refractivity contribution in [3.8, 4) is 17.5 Å². The first-order valence-electron chi connectivity index (χ1n) is 13.3. The number of benzene rings is 2. The number of H-pyrrole nitrogens is 1. The van der Waals surface area contributed by atoms with Gasteiger partial charge in [0.1, 0.15) is 12.4 Å². The Balaban J connectivity index is 1.45. The van der Waals surface area contributed by atoms with Gasteiger partial charge in [-0.15, -0.1) is 4.52 Å². The number of aromatic nitrogens is 6. The van der Waals surface area contributed by atoms with Crippen LogP contribution in [0.2, 0.25) is 0 Å². The van der Waals surface area contributed by atoms with Crippen LogP contribution in [0.1, 0.15) is 44.9 Å². The third kappa shape index (κ3) is 5.01. The predicted octanol–water partition coefficient (Wildman–Crippen LogP) is 1.72. The summed E-state index contributed by atoms with van der Waals surface area (Å²) in [5.74, 6) is 5.41. The Labute approximate surface area is 244 Å². The highest BCUT2D eigenvalue weighted by Crippen LogP contribution is 2.24. The molecule has 1 amide bonds. The number of hydrogen-bond donors (Lipinski definition) is 4. The molecule has 6 aromatic rings. The minimum Gasteiger partial charge on any atom is -0.382 e. The summed E-state index contributed by atoms with van der Waals surface area (Å²) in [5, 5.41) is 11.0. The lowest BCUT2D eigenvalue weighted by Crippen LogP contribution is -2.33. The van der Waals surface area contributed by atoms with Crippen LogP contribution in [0.4, 0.5) is 5.82 Å². The van der Waals surface area contributed by atoms with Crippen molar-refractivity contribution in [3.05, 3.63) is 118 Å². The molecule has 0 saturated heterocycles. The van der Waals surface area contributed by atoms with E-state index >= 15 is 0 Å². The molecule has 0 spiro atoms. The Morgan fingerprint density at radius 2 is 1.93 bits per heavy atom. The number of nitrogens with one attached hydrogen (secondary N) is 2. The molecule has 12 heteroatoms. The fourth-order valence-electron chi connectivity index (χ4n) is 4.92. The molecule has 12 nitrogen and oxygen atoms in total. The van der Waals surface area contributed by atoms with Crippen LogP contribution < -0.4 is 26.9 Å². The maximum atomic E-state index is 14.2. The molecule has 0 radical (unpaired) electrons. The van der Waals surface area contributed by atoms with E-state index in [1.54, 1.807) is 40.5 Å². The number of hydrogen-bond acceptors (Lipinski definition) is 7. The number of carbonyl (C=O) groups is 2. The first-order chi connectivity index (χ1) is 20.9. The molecular weight excluding hydrogens is 546 g/mol. The monoisotopic (exact) mass is 572 g/mol. The average molecular weight is 573 g/mol. The summed E-state index contributed by atoms with van der Waals surface area (Å²) in [5.41, 5.74) is 14.0. The van der Waals surface area contributed by atoms with Gasteiger partial charge >= 0.3 is 5.65 Å². The number of pyridine rings is 1. The van der Waals surface area contributed by atoms with E-state index in [1.807, 2.05) is 48.5 Å². The number of carbonyl (C=O) groups excluding carboxylic acids is 2. The summed E-state index contributed by atoms with van der Waals surface area (Å²) < 4.78 is 4.27. The maximum Gasteiger partial charge on any atom is 0.362 e. The molecule has 4 heterocycles. The van der Waals surface area contributed by atoms with Crippen LogP contribution >= 0.6 is 0 Å². The molecule has 0 aliphatic heterocycles. The fraction of sp³-hybridized carbons (Fsp3) is 0.0968. The molecule has 0 bridgehead atoms. The number of nitrogen functional groups attached to an aromatic ring is 1. The number of nitrogens with two attached hydrogens (primary N) is 2. The van der Waals surface area contributed by atoms with E-state index in [0.29, 0.717) is 38.9 Å². The number of rotatable bonds is 5. The van der Waals surface area contributed by atoms with Gasteiger partial charge in [0.2, 0.25) is 0 Å². The Hall–Kier alpha value is -6.06. The van der Waals surface area contributed by atoms with E-state index in [9.17, 15) is 14.4 Å². The summed E-state index contributed by atoms with van der Waals surface area (Å²) in [6.45, 7) is 1.62. The number of amides is 1. The van der Waals surface area contributed by atoms with Gasteiger partial charge in [-0.1, -0.05) is 42.2 Å². The molecule has 0 fully saturated rings. The number of aromatic amines is 1. The second-order valence-electron chi connectivity index (χ2n) is 9.75. The Morgan fingerprint density at radius 1 is 1.12 bits per heavy atom. The van der Waals surface area contributed by atoms with Crippen molar-refractivity contribution in [2.24, 2.45) is 5.73 Å². The summed E-state index contributed by atoms with van der Waals surface area (Å²) >= 11 is 0. The Kier molecular flexibility index (Phi) is 6.99. The second kappa shape index (κ2) is 11.1. The van der Waals surface area contributed by atoms with Gasteiger partial charge in [-0.25, -0.2) is 9.78 Å². The Bertz CT molecular complexity index is 2150. The minimum atomic E-state index is -0.608. The summed E-state index contributed by atoms with van der Waals surface area (Å²) in [6.07, 6.45) is 6.24. The van der Waals surface area contributed by atoms with Gasteiger partial charge in [0.15, 0.2) is 11.4 Å². The summed E-state index contributed by atoms with van der Waals surface area (Å²) in [6, 6.07) is 17.5. The fourth-order valence-corrected chi connectivity index (χ4v) is 4.92. The molecule has 6 N–H and O–H groups in total. The highest BCUT2D eigenvalue weighted by Gasteiger charge is 2.27. The number of anilines is 1. The third-order valence-corrected chi connectivity index (χ3v) is 6.94. The zero-order chi connectivity index (χ0) is 30.1. The predicted molar refractivity (Wildman–Crippen MR) is 159 cm³/mol. The quantitative estimate of drug-likeness (QED) is 0.180. The van der Waals surface area contributed by atoms with Gasteiger partial charge < -0.3 is 16.8 Å². The van der Waals surface area contributed by atoms with E-state index < -0.39 is 11.9 Å². The lowest BCUT2D eigenvalue weighted by atomic mass is 10.0. The molecule has 212 valence electrons. The van der Waals surface area contributed by atoms with Gasteiger partial charge in [0.05, 0.1) is 29.7 Å². The summed E-state index contributed by atoms with van der Waals surface area (Å²) in [4.78, 5) is 43.8. The molecular formula is C31H26N9O3+. The zero-order valence-electron chi connectivity index (χ0n) is 23.0. The SMILES string of the molecule is CC(NC(=O)c1c(N)[nH][n+]2cccnc12)c1cc2cccc(C#Cc3cnn(C(=O)CN)c3)c2c(=O)n1-c1ccccc1. The van der Waals surface area contributed by atoms with Gasteiger partial charge in [-0.3, -0.25) is 19.0 Å². The van der Waals surface area contributed by atoms with Gasteiger partial charge in [-0.2, -0.15) is 5.10 Å². The van der Waals surface area contributed by atoms with Gasteiger partial charge in [-0.05, 0) is 41.6 Å². The van der Waals surface area contributed by atoms with E-state index in [1.165, 1.54) is 12.4 Å². The van der Waals surface area contributed by atoms with Gasteiger partial charge in [0, 0.05) is 29.2 Å². The molecule has 4 aromatic heterocycles. The molecule has 0 aliphatic carbocycles. The topological polar surface area (TPSA) is 171 Å². The standard InChI is InChI=1S/C31H25N9O3/c1-19(36-30(42)27-28(33)37-38-14-6-13-34-29(27)38)24-15-22-8-5-7-21(12-11-20-17-35-39(18-20)25(41)16-32)26(22)31(43)40(24)23-9-3-2-4-10-23/h2-10,13-15,17-19H,16,32H2,1H3,(H3,33,36,37,42)/p+1. The van der Waals surface area contributed by atoms with Crippen molar-refractivity contribution in [2.75, 3.05) is 12.3 Å². The summed E-state index contributed by atoms with van der Waals surface area (Å²) in [7, 11) is 0. The maximum absolute atomic E-state index is 14.2. The van der Waals surface area contributed by atoms with E-state index in [-0.39, 0.29) is 29.4 Å². The van der Waals surface area contributed by atoms with E-state index in [0.717, 1.165) is 4.68 Å². The van der Waals surface area contributed by atoms with Crippen LogP contribution in [-0.2, 0) is 0 Å². The first kappa shape index (κ1) is 27.1. The molecule has 2 aromatic carbocycles. The smallest absolute Gasteiger partial charge is 0.362 e. The molecule has 43 heavy (non-hydrogen) atoms. The van der Waals surface area contributed by atoms with Gasteiger partial charge in [0.25, 0.3) is 17.4 Å². The van der Waals surface area contributed by atoms with E-state index in [2.05, 4.69) is 32.3 Å². The molecule has 6 rings (SSSR count). The lowest BCUT2D eigenvalue weighted by molar-refractivity contribution is -0.577. The van der Waals surface area contributed by atoms with Crippen LogP contribution in [0.25, 0.3) is 22.1 Å². The molecule has 0 saturated carbocycles. The van der Waals surface area contributed by atoms with Crippen molar-refractivity contribution in [2.45, 2.75) is 13.0 Å². The largest absolute Gasteiger partial charge is 0.382 e. The second-order valence-corrected chi connectivity index (χ2v) is 9.75. The molecule has 0 aliphatic rings. The van der Waals surface area contributed by atoms with Crippen LogP contribution in [0.5, 0.6) is 0 Å². The van der Waals surface area contributed by atoms with Crippen LogP contribution in [0.3, 0.4) is 0 Å².